The van der Waals surface area contributed by atoms with Crippen LogP contribution in [0, 0.1) is 6.92 Å². The summed E-state index contributed by atoms with van der Waals surface area (Å²) in [4.78, 5) is 30.1. The van der Waals surface area contributed by atoms with Gasteiger partial charge in [0.2, 0.25) is 5.91 Å². The van der Waals surface area contributed by atoms with Crippen LogP contribution in [-0.2, 0) is 4.79 Å². The quantitative estimate of drug-likeness (QED) is 0.827. The van der Waals surface area contributed by atoms with Crippen LogP contribution in [0.1, 0.15) is 23.1 Å². The van der Waals surface area contributed by atoms with Crippen LogP contribution in [0.25, 0.3) is 5.65 Å². The Balaban J connectivity index is 1.96. The van der Waals surface area contributed by atoms with Crippen molar-refractivity contribution in [2.24, 2.45) is 0 Å². The van der Waals surface area contributed by atoms with Gasteiger partial charge in [-0.05, 0) is 26.0 Å². The first-order valence-electron chi connectivity index (χ1n) is 6.61. The molecule has 2 amide bonds. The number of rotatable bonds is 1. The molecular formula is C14H16N4O2. The van der Waals surface area contributed by atoms with E-state index in [4.69, 9.17) is 0 Å². The van der Waals surface area contributed by atoms with E-state index in [0.717, 1.165) is 11.3 Å². The van der Waals surface area contributed by atoms with Crippen LogP contribution in [0.4, 0.5) is 0 Å². The standard InChI is InChI=1S/C14H16N4O2/c1-9-4-3-5-12-16-11(8-18(9)12)14(20)17-7-6-15-13(19)10(17)2/h3-5,8,10H,6-7H2,1-2H3,(H,15,19). The second kappa shape index (κ2) is 4.63. The zero-order valence-electron chi connectivity index (χ0n) is 11.5. The summed E-state index contributed by atoms with van der Waals surface area (Å²) in [5, 5.41) is 2.75. The molecule has 1 unspecified atom stereocenters. The molecule has 0 bridgehead atoms. The third kappa shape index (κ3) is 1.93. The minimum Gasteiger partial charge on any atom is -0.353 e. The molecule has 6 heteroatoms. The van der Waals surface area contributed by atoms with Crippen molar-refractivity contribution in [3.8, 4) is 0 Å². The highest BCUT2D eigenvalue weighted by Gasteiger charge is 2.31. The minimum atomic E-state index is -0.456. The summed E-state index contributed by atoms with van der Waals surface area (Å²) < 4.78 is 1.88. The highest BCUT2D eigenvalue weighted by atomic mass is 16.2. The van der Waals surface area contributed by atoms with E-state index in [9.17, 15) is 9.59 Å². The predicted molar refractivity (Wildman–Crippen MR) is 73.4 cm³/mol. The largest absolute Gasteiger partial charge is 0.353 e. The lowest BCUT2D eigenvalue weighted by Crippen LogP contribution is -2.55. The van der Waals surface area contributed by atoms with Crippen molar-refractivity contribution >= 4 is 17.5 Å². The molecule has 20 heavy (non-hydrogen) atoms. The molecule has 6 nitrogen and oxygen atoms in total. The maximum absolute atomic E-state index is 12.5. The van der Waals surface area contributed by atoms with Gasteiger partial charge in [0.15, 0.2) is 0 Å². The Morgan fingerprint density at radius 2 is 2.25 bits per heavy atom. The second-order valence-corrected chi connectivity index (χ2v) is 4.99. The fourth-order valence-electron chi connectivity index (χ4n) is 2.46. The van der Waals surface area contributed by atoms with Gasteiger partial charge in [-0.3, -0.25) is 9.59 Å². The normalized spacial score (nSPS) is 19.2. The number of imidazole rings is 1. The van der Waals surface area contributed by atoms with Gasteiger partial charge in [0, 0.05) is 25.0 Å². The monoisotopic (exact) mass is 272 g/mol. The Kier molecular flexibility index (Phi) is 2.93. The van der Waals surface area contributed by atoms with Crippen LogP contribution in [0.2, 0.25) is 0 Å². The van der Waals surface area contributed by atoms with E-state index in [1.165, 1.54) is 0 Å². The number of aromatic nitrogens is 2. The highest BCUT2D eigenvalue weighted by molar-refractivity contribution is 5.97. The molecule has 1 atom stereocenters. The van der Waals surface area contributed by atoms with Gasteiger partial charge < -0.3 is 14.6 Å². The molecule has 2 aromatic rings. The van der Waals surface area contributed by atoms with Crippen molar-refractivity contribution in [3.05, 3.63) is 35.8 Å². The summed E-state index contributed by atoms with van der Waals surface area (Å²) in [5.74, 6) is -0.319. The van der Waals surface area contributed by atoms with Gasteiger partial charge in [-0.1, -0.05) is 6.07 Å². The highest BCUT2D eigenvalue weighted by Crippen LogP contribution is 2.13. The van der Waals surface area contributed by atoms with Crippen molar-refractivity contribution in [3.63, 3.8) is 0 Å². The van der Waals surface area contributed by atoms with E-state index < -0.39 is 6.04 Å². The Hall–Kier alpha value is -2.37. The molecule has 1 aliphatic rings. The first-order valence-corrected chi connectivity index (χ1v) is 6.61. The molecule has 0 aliphatic carbocycles. The SMILES string of the molecule is Cc1cccc2nc(C(=O)N3CCNC(=O)C3C)cn12. The van der Waals surface area contributed by atoms with Gasteiger partial charge in [-0.2, -0.15) is 0 Å². The molecule has 1 aliphatic heterocycles. The molecule has 0 saturated carbocycles. The van der Waals surface area contributed by atoms with Crippen molar-refractivity contribution in [2.45, 2.75) is 19.9 Å². The maximum Gasteiger partial charge on any atom is 0.274 e. The number of carbonyl (C=O) groups is 2. The van der Waals surface area contributed by atoms with E-state index in [1.54, 1.807) is 18.0 Å². The number of piperazine rings is 1. The van der Waals surface area contributed by atoms with Gasteiger partial charge in [-0.15, -0.1) is 0 Å². The molecule has 104 valence electrons. The van der Waals surface area contributed by atoms with Crippen LogP contribution in [0.3, 0.4) is 0 Å². The minimum absolute atomic E-state index is 0.121. The molecular weight excluding hydrogens is 256 g/mol. The van der Waals surface area contributed by atoms with Crippen molar-refractivity contribution in [2.75, 3.05) is 13.1 Å². The van der Waals surface area contributed by atoms with Crippen LogP contribution < -0.4 is 5.32 Å². The van der Waals surface area contributed by atoms with E-state index in [2.05, 4.69) is 10.3 Å². The van der Waals surface area contributed by atoms with Gasteiger partial charge >= 0.3 is 0 Å². The fraction of sp³-hybridized carbons (Fsp3) is 0.357. The Bertz CT molecular complexity index is 692. The molecule has 1 fully saturated rings. The Morgan fingerprint density at radius 3 is 3.00 bits per heavy atom. The fourth-order valence-corrected chi connectivity index (χ4v) is 2.46. The van der Waals surface area contributed by atoms with E-state index in [-0.39, 0.29) is 11.8 Å². The molecule has 1 N–H and O–H groups in total. The first-order chi connectivity index (χ1) is 9.58. The lowest BCUT2D eigenvalue weighted by Gasteiger charge is -2.32. The maximum atomic E-state index is 12.5. The summed E-state index contributed by atoms with van der Waals surface area (Å²) in [6.07, 6.45) is 1.73. The number of carbonyl (C=O) groups excluding carboxylic acids is 2. The lowest BCUT2D eigenvalue weighted by molar-refractivity contribution is -0.127. The molecule has 3 rings (SSSR count). The summed E-state index contributed by atoms with van der Waals surface area (Å²) in [6, 6.07) is 5.26. The number of hydrogen-bond donors (Lipinski definition) is 1. The zero-order chi connectivity index (χ0) is 14.3. The van der Waals surface area contributed by atoms with Crippen molar-refractivity contribution < 1.29 is 9.59 Å². The average Bonchev–Trinajstić information content (AvgIpc) is 2.87. The van der Waals surface area contributed by atoms with E-state index >= 15 is 0 Å². The van der Waals surface area contributed by atoms with Crippen LogP contribution in [0.15, 0.2) is 24.4 Å². The zero-order valence-corrected chi connectivity index (χ0v) is 11.5. The molecule has 0 aromatic carbocycles. The number of hydrogen-bond acceptors (Lipinski definition) is 3. The molecule has 0 radical (unpaired) electrons. The lowest BCUT2D eigenvalue weighted by atomic mass is 10.2. The summed E-state index contributed by atoms with van der Waals surface area (Å²) in [6.45, 7) is 4.69. The number of nitrogens with zero attached hydrogens (tertiary/aromatic N) is 3. The summed E-state index contributed by atoms with van der Waals surface area (Å²) >= 11 is 0. The molecule has 2 aromatic heterocycles. The number of aryl methyl sites for hydroxylation is 1. The van der Waals surface area contributed by atoms with Gasteiger partial charge in [-0.25, -0.2) is 4.98 Å². The number of nitrogens with one attached hydrogen (secondary N) is 1. The topological polar surface area (TPSA) is 66.7 Å². The third-order valence-corrected chi connectivity index (χ3v) is 3.67. The number of amides is 2. The smallest absolute Gasteiger partial charge is 0.274 e. The summed E-state index contributed by atoms with van der Waals surface area (Å²) in [5.41, 5.74) is 2.13. The molecule has 1 saturated heterocycles. The van der Waals surface area contributed by atoms with Crippen LogP contribution >= 0.6 is 0 Å². The number of fused-ring (bicyclic) bond motifs is 1. The van der Waals surface area contributed by atoms with Gasteiger partial charge in [0.25, 0.3) is 5.91 Å². The average molecular weight is 272 g/mol. The Labute approximate surface area is 116 Å². The predicted octanol–water partition coefficient (Wildman–Crippen LogP) is 0.603. The van der Waals surface area contributed by atoms with E-state index in [1.807, 2.05) is 29.5 Å². The van der Waals surface area contributed by atoms with Gasteiger partial charge in [0.1, 0.15) is 17.4 Å². The van der Waals surface area contributed by atoms with Gasteiger partial charge in [0.05, 0.1) is 0 Å². The van der Waals surface area contributed by atoms with Crippen LogP contribution in [-0.4, -0.2) is 45.2 Å². The number of pyridine rings is 1. The first kappa shape index (κ1) is 12.7. The van der Waals surface area contributed by atoms with Crippen molar-refractivity contribution in [1.29, 1.82) is 0 Å². The van der Waals surface area contributed by atoms with Crippen LogP contribution in [0.5, 0.6) is 0 Å². The summed E-state index contributed by atoms with van der Waals surface area (Å²) in [7, 11) is 0. The molecule has 3 heterocycles. The molecule has 0 spiro atoms. The third-order valence-electron chi connectivity index (χ3n) is 3.67. The van der Waals surface area contributed by atoms with Crippen molar-refractivity contribution in [1.82, 2.24) is 19.6 Å². The van der Waals surface area contributed by atoms with E-state index in [0.29, 0.717) is 18.8 Å². The Morgan fingerprint density at radius 1 is 1.45 bits per heavy atom. The second-order valence-electron chi connectivity index (χ2n) is 4.99.